The first-order chi connectivity index (χ1) is 9.88. The topological polar surface area (TPSA) is 66.0 Å². The van der Waals surface area contributed by atoms with E-state index in [0.29, 0.717) is 11.6 Å². The number of hydrogen-bond acceptors (Lipinski definition) is 5. The van der Waals surface area contributed by atoms with Gasteiger partial charge in [-0.15, -0.1) is 10.2 Å². The number of anilines is 1. The normalized spacial score (nSPS) is 16.7. The molecule has 6 nitrogen and oxygen atoms in total. The van der Waals surface area contributed by atoms with Gasteiger partial charge in [0.1, 0.15) is 11.4 Å². The van der Waals surface area contributed by atoms with Crippen molar-refractivity contribution in [3.05, 3.63) is 30.1 Å². The van der Waals surface area contributed by atoms with Gasteiger partial charge in [0.15, 0.2) is 0 Å². The van der Waals surface area contributed by atoms with Crippen LogP contribution in [0.15, 0.2) is 34.8 Å². The number of aromatic nitrogens is 2. The maximum absolute atomic E-state index is 10.2. The first-order valence-electron chi connectivity index (χ1n) is 6.86. The number of imidazole rings is 1. The molecule has 0 saturated heterocycles. The van der Waals surface area contributed by atoms with Crippen molar-refractivity contribution in [3.63, 3.8) is 0 Å². The van der Waals surface area contributed by atoms with Crippen LogP contribution >= 0.6 is 0 Å². The van der Waals surface area contributed by atoms with Crippen molar-refractivity contribution in [2.75, 3.05) is 18.5 Å². The highest BCUT2D eigenvalue weighted by Crippen LogP contribution is 2.45. The second-order valence-corrected chi connectivity index (χ2v) is 6.14. The SMILES string of the molecule is CN1CC(C)(C)c2cc(N=Nc3nccn3C)c(O)cc21. The molecule has 0 atom stereocenters. The Balaban J connectivity index is 2.02. The number of rotatable bonds is 2. The molecule has 0 fully saturated rings. The number of phenolic OH excluding ortho intramolecular Hbond substituents is 1. The Morgan fingerprint density at radius 3 is 2.67 bits per heavy atom. The molecule has 21 heavy (non-hydrogen) atoms. The summed E-state index contributed by atoms with van der Waals surface area (Å²) in [4.78, 5) is 6.23. The van der Waals surface area contributed by atoms with Gasteiger partial charge in [0, 0.05) is 50.2 Å². The Kier molecular flexibility index (Phi) is 2.97. The van der Waals surface area contributed by atoms with E-state index in [0.717, 1.165) is 12.2 Å². The van der Waals surface area contributed by atoms with Gasteiger partial charge in [0.25, 0.3) is 0 Å². The maximum atomic E-state index is 10.2. The largest absolute Gasteiger partial charge is 0.506 e. The number of nitrogens with zero attached hydrogens (tertiary/aromatic N) is 5. The van der Waals surface area contributed by atoms with Crippen LogP contribution in [-0.2, 0) is 12.5 Å². The molecule has 1 aliphatic rings. The van der Waals surface area contributed by atoms with Crippen molar-refractivity contribution in [2.45, 2.75) is 19.3 Å². The van der Waals surface area contributed by atoms with E-state index < -0.39 is 0 Å². The van der Waals surface area contributed by atoms with Crippen molar-refractivity contribution in [1.29, 1.82) is 0 Å². The molecule has 0 amide bonds. The number of aryl methyl sites for hydroxylation is 1. The van der Waals surface area contributed by atoms with Crippen molar-refractivity contribution in [3.8, 4) is 5.75 Å². The van der Waals surface area contributed by atoms with Gasteiger partial charge in [-0.05, 0) is 11.6 Å². The van der Waals surface area contributed by atoms with Crippen LogP contribution in [0, 0.1) is 0 Å². The zero-order valence-corrected chi connectivity index (χ0v) is 12.7. The molecule has 6 heteroatoms. The molecule has 2 aromatic rings. The third-order valence-corrected chi connectivity index (χ3v) is 3.91. The maximum Gasteiger partial charge on any atom is 0.249 e. The van der Waals surface area contributed by atoms with Crippen LogP contribution in [0.2, 0.25) is 0 Å². The van der Waals surface area contributed by atoms with Gasteiger partial charge in [-0.3, -0.25) is 0 Å². The van der Waals surface area contributed by atoms with Crippen LogP contribution in [0.4, 0.5) is 17.3 Å². The van der Waals surface area contributed by atoms with Crippen molar-refractivity contribution < 1.29 is 5.11 Å². The second kappa shape index (κ2) is 4.58. The van der Waals surface area contributed by atoms with Crippen LogP contribution in [0.1, 0.15) is 19.4 Å². The predicted molar refractivity (Wildman–Crippen MR) is 81.8 cm³/mol. The minimum absolute atomic E-state index is 0.0330. The fourth-order valence-electron chi connectivity index (χ4n) is 2.82. The lowest BCUT2D eigenvalue weighted by Gasteiger charge is -2.18. The van der Waals surface area contributed by atoms with E-state index in [9.17, 15) is 5.11 Å². The molecule has 2 heterocycles. The second-order valence-electron chi connectivity index (χ2n) is 6.14. The Bertz CT molecular complexity index is 717. The lowest BCUT2D eigenvalue weighted by atomic mass is 9.86. The van der Waals surface area contributed by atoms with E-state index in [1.165, 1.54) is 5.56 Å². The van der Waals surface area contributed by atoms with Gasteiger partial charge in [-0.2, -0.15) is 0 Å². The number of fused-ring (bicyclic) bond motifs is 1. The summed E-state index contributed by atoms with van der Waals surface area (Å²) in [5.41, 5.74) is 2.73. The van der Waals surface area contributed by atoms with Gasteiger partial charge in [-0.25, -0.2) is 4.98 Å². The average Bonchev–Trinajstić information content (AvgIpc) is 2.90. The van der Waals surface area contributed by atoms with Crippen LogP contribution in [0.25, 0.3) is 0 Å². The van der Waals surface area contributed by atoms with Gasteiger partial charge in [0.2, 0.25) is 5.95 Å². The molecule has 1 N–H and O–H groups in total. The molecule has 0 unspecified atom stereocenters. The van der Waals surface area contributed by atoms with Crippen LogP contribution in [0.3, 0.4) is 0 Å². The summed E-state index contributed by atoms with van der Waals surface area (Å²) >= 11 is 0. The fraction of sp³-hybridized carbons (Fsp3) is 0.400. The van der Waals surface area contributed by atoms with Crippen molar-refractivity contribution >= 4 is 17.3 Å². The highest BCUT2D eigenvalue weighted by atomic mass is 16.3. The molecular formula is C15H19N5O. The fourth-order valence-corrected chi connectivity index (χ4v) is 2.82. The van der Waals surface area contributed by atoms with Crippen LogP contribution in [0.5, 0.6) is 5.75 Å². The number of likely N-dealkylation sites (N-methyl/N-ethyl adjacent to an activating group) is 1. The first-order valence-corrected chi connectivity index (χ1v) is 6.86. The summed E-state index contributed by atoms with van der Waals surface area (Å²) in [7, 11) is 3.88. The third-order valence-electron chi connectivity index (χ3n) is 3.91. The van der Waals surface area contributed by atoms with E-state index >= 15 is 0 Å². The predicted octanol–water partition coefficient (Wildman–Crippen LogP) is 3.27. The summed E-state index contributed by atoms with van der Waals surface area (Å²) in [6.07, 6.45) is 3.46. The Hall–Kier alpha value is -2.37. The average molecular weight is 285 g/mol. The summed E-state index contributed by atoms with van der Waals surface area (Å²) in [6.45, 7) is 5.29. The molecule has 0 radical (unpaired) electrons. The number of azo groups is 1. The molecular weight excluding hydrogens is 266 g/mol. The third kappa shape index (κ3) is 2.26. The smallest absolute Gasteiger partial charge is 0.249 e. The van der Waals surface area contributed by atoms with Gasteiger partial charge in [0.05, 0.1) is 0 Å². The monoisotopic (exact) mass is 285 g/mol. The number of aromatic hydroxyl groups is 1. The Morgan fingerprint density at radius 1 is 1.24 bits per heavy atom. The standard InChI is InChI=1S/C15H19N5O/c1-15(2)9-20(4)12-8-13(21)11(7-10(12)15)17-18-14-16-5-6-19(14)3/h5-8,21H,9H2,1-4H3. The molecule has 1 aromatic carbocycles. The summed E-state index contributed by atoms with van der Waals surface area (Å²) in [5, 5.41) is 18.4. The number of hydrogen-bond donors (Lipinski definition) is 1. The van der Waals surface area contributed by atoms with E-state index in [1.807, 2.05) is 20.2 Å². The van der Waals surface area contributed by atoms with Crippen LogP contribution < -0.4 is 4.90 Å². The van der Waals surface area contributed by atoms with E-state index in [1.54, 1.807) is 23.0 Å². The molecule has 110 valence electrons. The zero-order valence-electron chi connectivity index (χ0n) is 12.7. The van der Waals surface area contributed by atoms with E-state index in [2.05, 4.69) is 34.0 Å². The highest BCUT2D eigenvalue weighted by Gasteiger charge is 2.34. The Morgan fingerprint density at radius 2 is 2.00 bits per heavy atom. The lowest BCUT2D eigenvalue weighted by molar-refractivity contribution is 0.476. The number of benzene rings is 1. The van der Waals surface area contributed by atoms with Gasteiger partial charge >= 0.3 is 0 Å². The minimum atomic E-state index is 0.0330. The van der Waals surface area contributed by atoms with Crippen molar-refractivity contribution in [2.24, 2.45) is 17.3 Å². The first kappa shape index (κ1) is 13.6. The minimum Gasteiger partial charge on any atom is -0.506 e. The molecule has 0 spiro atoms. The molecule has 0 aliphatic carbocycles. The molecule has 0 saturated carbocycles. The quantitative estimate of drug-likeness (QED) is 0.861. The van der Waals surface area contributed by atoms with E-state index in [4.69, 9.17) is 0 Å². The summed E-state index contributed by atoms with van der Waals surface area (Å²) in [5.74, 6) is 0.641. The Labute approximate surface area is 123 Å². The summed E-state index contributed by atoms with van der Waals surface area (Å²) < 4.78 is 1.77. The number of phenols is 1. The van der Waals surface area contributed by atoms with Gasteiger partial charge in [-0.1, -0.05) is 13.8 Å². The lowest BCUT2D eigenvalue weighted by Crippen LogP contribution is -2.24. The zero-order chi connectivity index (χ0) is 15.2. The highest BCUT2D eigenvalue weighted by molar-refractivity contribution is 5.70. The summed E-state index contributed by atoms with van der Waals surface area (Å²) in [6, 6.07) is 3.68. The molecule has 1 aromatic heterocycles. The van der Waals surface area contributed by atoms with Crippen molar-refractivity contribution in [1.82, 2.24) is 9.55 Å². The molecule has 3 rings (SSSR count). The van der Waals surface area contributed by atoms with E-state index in [-0.39, 0.29) is 11.2 Å². The molecule has 1 aliphatic heterocycles. The van der Waals surface area contributed by atoms with Crippen LogP contribution in [-0.4, -0.2) is 28.3 Å². The molecule has 0 bridgehead atoms. The van der Waals surface area contributed by atoms with Gasteiger partial charge < -0.3 is 14.6 Å².